The number of halogens is 1. The van der Waals surface area contributed by atoms with Gasteiger partial charge in [-0.25, -0.2) is 0 Å². The maximum absolute atomic E-state index is 13.2. The lowest BCUT2D eigenvalue weighted by atomic mass is 9.95. The van der Waals surface area contributed by atoms with Crippen LogP contribution >= 0.6 is 27.7 Å². The number of carbonyl (C=O) groups excluding carboxylic acids is 2. The second-order valence-corrected chi connectivity index (χ2v) is 10.2. The lowest BCUT2D eigenvalue weighted by molar-refractivity contribution is -0.139. The molecule has 1 aliphatic carbocycles. The average Bonchev–Trinajstić information content (AvgIpc) is 2.78. The molecule has 2 aromatic carbocycles. The Morgan fingerprint density at radius 3 is 2.35 bits per heavy atom. The predicted octanol–water partition coefficient (Wildman–Crippen LogP) is 5.72. The highest BCUT2D eigenvalue weighted by Crippen LogP contribution is 2.22. The van der Waals surface area contributed by atoms with Crippen LogP contribution in [0.1, 0.15) is 50.2 Å². The van der Waals surface area contributed by atoms with E-state index in [0.717, 1.165) is 40.6 Å². The fourth-order valence-electron chi connectivity index (χ4n) is 3.80. The number of benzene rings is 2. The normalized spacial score (nSPS) is 15.3. The lowest BCUT2D eigenvalue weighted by Crippen LogP contribution is -2.50. The first-order chi connectivity index (χ1) is 14.9. The van der Waals surface area contributed by atoms with Crippen molar-refractivity contribution >= 4 is 39.5 Å². The molecule has 0 aliphatic heterocycles. The Bertz CT molecular complexity index is 864. The van der Waals surface area contributed by atoms with Crippen molar-refractivity contribution < 1.29 is 9.59 Å². The van der Waals surface area contributed by atoms with Crippen molar-refractivity contribution in [2.75, 3.05) is 5.75 Å². The van der Waals surface area contributed by atoms with Gasteiger partial charge in [0, 0.05) is 22.0 Å². The van der Waals surface area contributed by atoms with Crippen LogP contribution in [-0.2, 0) is 16.1 Å². The van der Waals surface area contributed by atoms with E-state index >= 15 is 0 Å². The summed E-state index contributed by atoms with van der Waals surface area (Å²) in [4.78, 5) is 29.0. The molecule has 0 saturated heterocycles. The molecule has 1 N–H and O–H groups in total. The molecule has 2 aromatic rings. The molecule has 0 aromatic heterocycles. The number of hydrogen-bond donors (Lipinski definition) is 1. The number of aryl methyl sites for hydroxylation is 1. The topological polar surface area (TPSA) is 49.4 Å². The van der Waals surface area contributed by atoms with Gasteiger partial charge < -0.3 is 10.2 Å². The number of carbonyl (C=O) groups is 2. The number of hydrogen-bond acceptors (Lipinski definition) is 3. The molecule has 1 aliphatic rings. The summed E-state index contributed by atoms with van der Waals surface area (Å²) in [7, 11) is 0. The highest BCUT2D eigenvalue weighted by Gasteiger charge is 2.28. The molecular formula is C25H31BrN2O2S. The van der Waals surface area contributed by atoms with Crippen LogP contribution in [0.15, 0.2) is 57.9 Å². The summed E-state index contributed by atoms with van der Waals surface area (Å²) in [6, 6.07) is 15.8. The van der Waals surface area contributed by atoms with Gasteiger partial charge in [-0.05, 0) is 56.5 Å². The minimum absolute atomic E-state index is 0.0280. The number of rotatable bonds is 8. The molecule has 1 saturated carbocycles. The fraction of sp³-hybridized carbons (Fsp3) is 0.440. The minimum atomic E-state index is -0.517. The Balaban J connectivity index is 1.69. The molecule has 0 radical (unpaired) electrons. The summed E-state index contributed by atoms with van der Waals surface area (Å²) in [5, 5.41) is 3.18. The van der Waals surface area contributed by atoms with Gasteiger partial charge in [0.25, 0.3) is 0 Å². The lowest BCUT2D eigenvalue weighted by Gasteiger charge is -2.31. The number of nitrogens with one attached hydrogen (secondary N) is 1. The molecular weight excluding hydrogens is 472 g/mol. The Labute approximate surface area is 198 Å². The van der Waals surface area contributed by atoms with Gasteiger partial charge in [0.1, 0.15) is 6.04 Å². The van der Waals surface area contributed by atoms with E-state index in [2.05, 4.69) is 21.2 Å². The Morgan fingerprint density at radius 1 is 1.06 bits per heavy atom. The highest BCUT2D eigenvalue weighted by molar-refractivity contribution is 9.10. The van der Waals surface area contributed by atoms with E-state index < -0.39 is 6.04 Å². The van der Waals surface area contributed by atoms with Crippen LogP contribution in [-0.4, -0.2) is 34.6 Å². The zero-order valence-corrected chi connectivity index (χ0v) is 20.7. The molecule has 0 bridgehead atoms. The molecule has 4 nitrogen and oxygen atoms in total. The maximum atomic E-state index is 13.2. The van der Waals surface area contributed by atoms with Crippen molar-refractivity contribution in [3.05, 3.63) is 64.1 Å². The van der Waals surface area contributed by atoms with E-state index in [-0.39, 0.29) is 17.9 Å². The summed E-state index contributed by atoms with van der Waals surface area (Å²) in [6.45, 7) is 4.30. The smallest absolute Gasteiger partial charge is 0.242 e. The van der Waals surface area contributed by atoms with Crippen LogP contribution in [0, 0.1) is 6.92 Å². The molecule has 0 heterocycles. The van der Waals surface area contributed by atoms with E-state index in [4.69, 9.17) is 0 Å². The van der Waals surface area contributed by atoms with Crippen LogP contribution in [0.4, 0.5) is 0 Å². The molecule has 0 spiro atoms. The summed E-state index contributed by atoms with van der Waals surface area (Å²) in [6.07, 6.45) is 5.62. The van der Waals surface area contributed by atoms with Gasteiger partial charge in [-0.1, -0.05) is 65.0 Å². The summed E-state index contributed by atoms with van der Waals surface area (Å²) in [5.74, 6) is 0.221. The molecule has 3 rings (SSSR count). The van der Waals surface area contributed by atoms with Crippen LogP contribution in [0.25, 0.3) is 0 Å². The maximum Gasteiger partial charge on any atom is 0.242 e. The largest absolute Gasteiger partial charge is 0.352 e. The van der Waals surface area contributed by atoms with Crippen LogP contribution in [0.5, 0.6) is 0 Å². The predicted molar refractivity (Wildman–Crippen MR) is 131 cm³/mol. The first-order valence-electron chi connectivity index (χ1n) is 11.0. The quantitative estimate of drug-likeness (QED) is 0.469. The summed E-state index contributed by atoms with van der Waals surface area (Å²) < 4.78 is 0.993. The number of amides is 2. The second kappa shape index (κ2) is 11.7. The molecule has 6 heteroatoms. The van der Waals surface area contributed by atoms with E-state index in [1.54, 1.807) is 4.90 Å². The van der Waals surface area contributed by atoms with Gasteiger partial charge >= 0.3 is 0 Å². The molecule has 1 fully saturated rings. The first kappa shape index (κ1) is 23.9. The van der Waals surface area contributed by atoms with Gasteiger partial charge in [-0.15, -0.1) is 11.8 Å². The van der Waals surface area contributed by atoms with Crippen molar-refractivity contribution in [3.63, 3.8) is 0 Å². The molecule has 1 atom stereocenters. The van der Waals surface area contributed by atoms with Crippen molar-refractivity contribution in [1.29, 1.82) is 0 Å². The Hall–Kier alpha value is -1.79. The average molecular weight is 504 g/mol. The molecule has 31 heavy (non-hydrogen) atoms. The van der Waals surface area contributed by atoms with Crippen LogP contribution in [0.3, 0.4) is 0 Å². The van der Waals surface area contributed by atoms with Crippen LogP contribution in [0.2, 0.25) is 0 Å². The molecule has 2 amide bonds. The zero-order valence-electron chi connectivity index (χ0n) is 18.3. The van der Waals surface area contributed by atoms with Crippen molar-refractivity contribution in [3.8, 4) is 0 Å². The fourth-order valence-corrected chi connectivity index (χ4v) is 4.85. The van der Waals surface area contributed by atoms with Gasteiger partial charge in [-0.3, -0.25) is 9.59 Å². The second-order valence-electron chi connectivity index (χ2n) is 8.27. The summed E-state index contributed by atoms with van der Waals surface area (Å²) in [5.41, 5.74) is 2.20. The Kier molecular flexibility index (Phi) is 9.02. The van der Waals surface area contributed by atoms with Gasteiger partial charge in [-0.2, -0.15) is 0 Å². The zero-order chi connectivity index (χ0) is 22.2. The molecule has 0 unspecified atom stereocenters. The molecule has 166 valence electrons. The van der Waals surface area contributed by atoms with E-state index in [1.165, 1.54) is 23.7 Å². The van der Waals surface area contributed by atoms with Gasteiger partial charge in [0.2, 0.25) is 11.8 Å². The third-order valence-electron chi connectivity index (χ3n) is 5.77. The number of thioether (sulfide) groups is 1. The number of nitrogens with zero attached hydrogens (tertiary/aromatic N) is 1. The minimum Gasteiger partial charge on any atom is -0.352 e. The highest BCUT2D eigenvalue weighted by atomic mass is 79.9. The third kappa shape index (κ3) is 7.39. The van der Waals surface area contributed by atoms with E-state index in [0.29, 0.717) is 12.3 Å². The standard InChI is InChI=1S/C25H31BrN2O2S/c1-18-8-14-23(15-9-18)31-17-24(29)28(16-20-10-12-21(26)13-11-20)19(2)25(30)27-22-6-4-3-5-7-22/h8-15,19,22H,3-7,16-17H2,1-2H3,(H,27,30)/t19-/m0/s1. The first-order valence-corrected chi connectivity index (χ1v) is 12.7. The third-order valence-corrected chi connectivity index (χ3v) is 7.29. The summed E-state index contributed by atoms with van der Waals surface area (Å²) >= 11 is 4.97. The Morgan fingerprint density at radius 2 is 1.71 bits per heavy atom. The van der Waals surface area contributed by atoms with Crippen molar-refractivity contribution in [2.45, 2.75) is 69.5 Å². The SMILES string of the molecule is Cc1ccc(SCC(=O)N(Cc2ccc(Br)cc2)[C@@H](C)C(=O)NC2CCCCC2)cc1. The van der Waals surface area contributed by atoms with E-state index in [9.17, 15) is 9.59 Å². The van der Waals surface area contributed by atoms with Crippen molar-refractivity contribution in [1.82, 2.24) is 10.2 Å². The van der Waals surface area contributed by atoms with Gasteiger partial charge in [0.15, 0.2) is 0 Å². The van der Waals surface area contributed by atoms with E-state index in [1.807, 2.05) is 62.4 Å². The van der Waals surface area contributed by atoms with Gasteiger partial charge in [0.05, 0.1) is 5.75 Å². The van der Waals surface area contributed by atoms with Crippen LogP contribution < -0.4 is 5.32 Å². The van der Waals surface area contributed by atoms with Crippen molar-refractivity contribution in [2.24, 2.45) is 0 Å². The monoisotopic (exact) mass is 502 g/mol.